The molecule has 0 amide bonds. The third-order valence-corrected chi connectivity index (χ3v) is 3.84. The zero-order valence-corrected chi connectivity index (χ0v) is 8.49. The Morgan fingerprint density at radius 3 is 2.00 bits per heavy atom. The van der Waals surface area contributed by atoms with Crippen molar-refractivity contribution in [1.82, 2.24) is 0 Å². The van der Waals surface area contributed by atoms with Crippen LogP contribution in [0.25, 0.3) is 0 Å². The van der Waals surface area contributed by atoms with Gasteiger partial charge in [0.2, 0.25) is 0 Å². The lowest BCUT2D eigenvalue weighted by molar-refractivity contribution is -0.147. The summed E-state index contributed by atoms with van der Waals surface area (Å²) in [6.45, 7) is 0. The lowest BCUT2D eigenvalue weighted by Crippen LogP contribution is -2.38. The molecule has 4 heteroatoms. The largest absolute Gasteiger partial charge is 0.481 e. The second-order valence-corrected chi connectivity index (χ2v) is 4.54. The maximum atomic E-state index is 11.7. The number of aliphatic carboxylic acids is 1. The molecular formula is C11H14O4. The van der Waals surface area contributed by atoms with Gasteiger partial charge in [-0.3, -0.25) is 14.4 Å². The van der Waals surface area contributed by atoms with E-state index in [-0.39, 0.29) is 17.5 Å². The average Bonchev–Trinajstić information content (AvgIpc) is 2.48. The van der Waals surface area contributed by atoms with Gasteiger partial charge in [0, 0.05) is 12.8 Å². The van der Waals surface area contributed by atoms with E-state index < -0.39 is 11.4 Å². The lowest BCUT2D eigenvalue weighted by atomic mass is 9.68. The molecule has 1 spiro atoms. The van der Waals surface area contributed by atoms with E-state index in [1.807, 2.05) is 0 Å². The second kappa shape index (κ2) is 3.43. The molecule has 2 aliphatic rings. The summed E-state index contributed by atoms with van der Waals surface area (Å²) >= 11 is 0. The Morgan fingerprint density at radius 2 is 1.60 bits per heavy atom. The summed E-state index contributed by atoms with van der Waals surface area (Å²) in [4.78, 5) is 34.1. The van der Waals surface area contributed by atoms with Gasteiger partial charge in [-0.1, -0.05) is 0 Å². The summed E-state index contributed by atoms with van der Waals surface area (Å²) in [5, 5.41) is 8.83. The fourth-order valence-electron chi connectivity index (χ4n) is 2.78. The van der Waals surface area contributed by atoms with E-state index in [9.17, 15) is 14.4 Å². The Balaban J connectivity index is 2.12. The van der Waals surface area contributed by atoms with Crippen LogP contribution < -0.4 is 0 Å². The van der Waals surface area contributed by atoms with Gasteiger partial charge in [-0.05, 0) is 25.7 Å². The van der Waals surface area contributed by atoms with Crippen molar-refractivity contribution in [1.29, 1.82) is 0 Å². The molecule has 0 saturated heterocycles. The normalized spacial score (nSPS) is 26.1. The van der Waals surface area contributed by atoms with Crippen LogP contribution in [0.15, 0.2) is 0 Å². The minimum atomic E-state index is -0.803. The molecule has 0 aliphatic heterocycles. The Labute approximate surface area is 87.7 Å². The summed E-state index contributed by atoms with van der Waals surface area (Å²) in [6, 6.07) is 0. The van der Waals surface area contributed by atoms with Crippen molar-refractivity contribution in [3.63, 3.8) is 0 Å². The van der Waals surface area contributed by atoms with Gasteiger partial charge in [0.25, 0.3) is 0 Å². The summed E-state index contributed by atoms with van der Waals surface area (Å²) in [5.74, 6) is -1.09. The maximum absolute atomic E-state index is 11.7. The summed E-state index contributed by atoms with van der Waals surface area (Å²) in [7, 11) is 0. The van der Waals surface area contributed by atoms with Gasteiger partial charge in [-0.25, -0.2) is 0 Å². The Bertz CT molecular complexity index is 305. The highest BCUT2D eigenvalue weighted by molar-refractivity contribution is 6.12. The molecule has 4 nitrogen and oxygen atoms in total. The highest BCUT2D eigenvalue weighted by Gasteiger charge is 2.51. The molecule has 0 heterocycles. The summed E-state index contributed by atoms with van der Waals surface area (Å²) < 4.78 is 0. The van der Waals surface area contributed by atoms with E-state index in [2.05, 4.69) is 0 Å². The van der Waals surface area contributed by atoms with Crippen LogP contribution in [0.3, 0.4) is 0 Å². The number of ketones is 2. The standard InChI is InChI=1S/C11H14O4/c12-8-1-2-9(13)11(8)5-3-7(4-6-11)10(14)15/h7H,1-6H2,(H,14,15). The van der Waals surface area contributed by atoms with E-state index >= 15 is 0 Å². The molecule has 2 aliphatic carbocycles. The first kappa shape index (κ1) is 10.3. The fourth-order valence-corrected chi connectivity index (χ4v) is 2.78. The molecule has 0 radical (unpaired) electrons. The van der Waals surface area contributed by atoms with Crippen molar-refractivity contribution in [2.75, 3.05) is 0 Å². The molecule has 15 heavy (non-hydrogen) atoms. The molecule has 0 bridgehead atoms. The molecule has 2 fully saturated rings. The first-order chi connectivity index (χ1) is 7.06. The molecule has 0 atom stereocenters. The van der Waals surface area contributed by atoms with Gasteiger partial charge in [0.1, 0.15) is 11.6 Å². The van der Waals surface area contributed by atoms with Gasteiger partial charge in [-0.15, -0.1) is 0 Å². The first-order valence-electron chi connectivity index (χ1n) is 5.36. The lowest BCUT2D eigenvalue weighted by Gasteiger charge is -2.32. The smallest absolute Gasteiger partial charge is 0.306 e. The minimum Gasteiger partial charge on any atom is -0.481 e. The van der Waals surface area contributed by atoms with Crippen LogP contribution >= 0.6 is 0 Å². The number of carboxylic acids is 1. The van der Waals surface area contributed by atoms with Crippen molar-refractivity contribution in [2.24, 2.45) is 11.3 Å². The van der Waals surface area contributed by atoms with Crippen LogP contribution in [0.1, 0.15) is 38.5 Å². The Morgan fingerprint density at radius 1 is 1.13 bits per heavy atom. The van der Waals surface area contributed by atoms with Gasteiger partial charge in [0.05, 0.1) is 11.3 Å². The third kappa shape index (κ3) is 1.48. The van der Waals surface area contributed by atoms with Crippen molar-refractivity contribution in [2.45, 2.75) is 38.5 Å². The molecule has 2 rings (SSSR count). The second-order valence-electron chi connectivity index (χ2n) is 4.54. The Hall–Kier alpha value is -1.19. The quantitative estimate of drug-likeness (QED) is 0.659. The summed E-state index contributed by atoms with van der Waals surface area (Å²) in [5.41, 5.74) is -0.786. The zero-order valence-electron chi connectivity index (χ0n) is 8.49. The molecule has 0 aromatic rings. The highest BCUT2D eigenvalue weighted by Crippen LogP contribution is 2.45. The molecular weight excluding hydrogens is 196 g/mol. The van der Waals surface area contributed by atoms with Crippen LogP contribution in [0, 0.1) is 11.3 Å². The molecule has 0 aromatic carbocycles. The number of carboxylic acid groups (broad SMARTS) is 1. The maximum Gasteiger partial charge on any atom is 0.306 e. The molecule has 0 unspecified atom stereocenters. The third-order valence-electron chi connectivity index (χ3n) is 3.84. The van der Waals surface area contributed by atoms with E-state index in [1.54, 1.807) is 0 Å². The van der Waals surface area contributed by atoms with E-state index in [1.165, 1.54) is 0 Å². The number of carbonyl (C=O) groups is 3. The number of hydrogen-bond donors (Lipinski definition) is 1. The van der Waals surface area contributed by atoms with Crippen LogP contribution in [-0.4, -0.2) is 22.6 Å². The molecule has 82 valence electrons. The highest BCUT2D eigenvalue weighted by atomic mass is 16.4. The van der Waals surface area contributed by atoms with Gasteiger partial charge < -0.3 is 5.11 Å². The van der Waals surface area contributed by atoms with Crippen LogP contribution in [0.2, 0.25) is 0 Å². The van der Waals surface area contributed by atoms with Crippen molar-refractivity contribution < 1.29 is 19.5 Å². The first-order valence-corrected chi connectivity index (χ1v) is 5.36. The number of carbonyl (C=O) groups excluding carboxylic acids is 2. The molecule has 1 N–H and O–H groups in total. The van der Waals surface area contributed by atoms with Crippen LogP contribution in [0.5, 0.6) is 0 Å². The molecule has 0 aromatic heterocycles. The Kier molecular flexibility index (Phi) is 2.37. The monoisotopic (exact) mass is 210 g/mol. The van der Waals surface area contributed by atoms with E-state index in [0.29, 0.717) is 38.5 Å². The summed E-state index contributed by atoms with van der Waals surface area (Å²) in [6.07, 6.45) is 2.54. The number of Topliss-reactive ketones (excluding diaryl/α,β-unsaturated/α-hetero) is 2. The number of rotatable bonds is 1. The van der Waals surface area contributed by atoms with Crippen molar-refractivity contribution in [3.05, 3.63) is 0 Å². The predicted octanol–water partition coefficient (Wildman–Crippen LogP) is 1.18. The van der Waals surface area contributed by atoms with Crippen molar-refractivity contribution in [3.8, 4) is 0 Å². The van der Waals surface area contributed by atoms with Gasteiger partial charge in [0.15, 0.2) is 0 Å². The SMILES string of the molecule is O=C(O)C1CCC2(CC1)C(=O)CCC2=O. The van der Waals surface area contributed by atoms with E-state index in [4.69, 9.17) is 5.11 Å². The van der Waals surface area contributed by atoms with Gasteiger partial charge >= 0.3 is 5.97 Å². The minimum absolute atomic E-state index is 0.0383. The molecule has 2 saturated carbocycles. The van der Waals surface area contributed by atoms with Crippen LogP contribution in [-0.2, 0) is 14.4 Å². The van der Waals surface area contributed by atoms with Gasteiger partial charge in [-0.2, -0.15) is 0 Å². The fraction of sp³-hybridized carbons (Fsp3) is 0.727. The van der Waals surface area contributed by atoms with E-state index in [0.717, 1.165) is 0 Å². The average molecular weight is 210 g/mol. The topological polar surface area (TPSA) is 71.4 Å². The van der Waals surface area contributed by atoms with Crippen molar-refractivity contribution >= 4 is 17.5 Å². The van der Waals surface area contributed by atoms with Crippen LogP contribution in [0.4, 0.5) is 0 Å². The predicted molar refractivity (Wildman–Crippen MR) is 51.3 cm³/mol. The number of hydrogen-bond acceptors (Lipinski definition) is 3. The zero-order chi connectivity index (χ0) is 11.1.